The van der Waals surface area contributed by atoms with Crippen LogP contribution in [0.3, 0.4) is 0 Å². The maximum absolute atomic E-state index is 12.6. The van der Waals surface area contributed by atoms with Crippen molar-refractivity contribution in [2.75, 3.05) is 6.61 Å². The van der Waals surface area contributed by atoms with E-state index in [-0.39, 0.29) is 0 Å². The molecule has 1 amide bonds. The Morgan fingerprint density at radius 2 is 0.607 bits per heavy atom. The van der Waals surface area contributed by atoms with Crippen molar-refractivity contribution in [2.24, 2.45) is 0 Å². The summed E-state index contributed by atoms with van der Waals surface area (Å²) in [7, 11) is 0. The van der Waals surface area contributed by atoms with Gasteiger partial charge in [-0.3, -0.25) is 4.79 Å². The smallest absolute Gasteiger partial charge is 0.249 e. The number of aliphatic hydroxyl groups is 4. The highest BCUT2D eigenvalue weighted by Crippen LogP contribution is 2.18. The lowest BCUT2D eigenvalue weighted by Gasteiger charge is -2.27. The Morgan fingerprint density at radius 1 is 0.375 bits per heavy atom. The molecule has 0 saturated carbocycles. The topological polar surface area (TPSA) is 110 Å². The van der Waals surface area contributed by atoms with Crippen molar-refractivity contribution in [1.29, 1.82) is 0 Å². The maximum Gasteiger partial charge on any atom is 0.249 e. The van der Waals surface area contributed by atoms with Gasteiger partial charge in [-0.2, -0.15) is 0 Å². The molecular formula is C50H101NO5. The van der Waals surface area contributed by atoms with Crippen molar-refractivity contribution in [1.82, 2.24) is 5.32 Å². The number of amides is 1. The van der Waals surface area contributed by atoms with Gasteiger partial charge in [-0.05, 0) is 12.8 Å². The number of hydrogen-bond acceptors (Lipinski definition) is 5. The number of carbonyl (C=O) groups is 1. The summed E-state index contributed by atoms with van der Waals surface area (Å²) in [4.78, 5) is 12.6. The number of nitrogens with one attached hydrogen (secondary N) is 1. The first-order valence-corrected chi connectivity index (χ1v) is 25.4. The highest BCUT2D eigenvalue weighted by atomic mass is 16.3. The van der Waals surface area contributed by atoms with Crippen molar-refractivity contribution >= 4 is 5.91 Å². The van der Waals surface area contributed by atoms with Crippen LogP contribution in [0.1, 0.15) is 284 Å². The van der Waals surface area contributed by atoms with Crippen LogP contribution in [-0.2, 0) is 4.79 Å². The number of aliphatic hydroxyl groups excluding tert-OH is 4. The zero-order valence-electron chi connectivity index (χ0n) is 37.9. The van der Waals surface area contributed by atoms with Gasteiger partial charge in [0.1, 0.15) is 12.2 Å². The van der Waals surface area contributed by atoms with Crippen LogP contribution in [0.25, 0.3) is 0 Å². The average Bonchev–Trinajstić information content (AvgIpc) is 3.20. The molecule has 5 N–H and O–H groups in total. The summed E-state index contributed by atoms with van der Waals surface area (Å²) in [5.41, 5.74) is 0. The summed E-state index contributed by atoms with van der Waals surface area (Å²) < 4.78 is 0. The first-order chi connectivity index (χ1) is 27.5. The molecule has 6 nitrogen and oxygen atoms in total. The van der Waals surface area contributed by atoms with Gasteiger partial charge in [-0.25, -0.2) is 0 Å². The molecule has 0 aromatic heterocycles. The minimum absolute atomic E-state index is 0.376. The molecule has 0 bridgehead atoms. The van der Waals surface area contributed by atoms with Gasteiger partial charge in [0.15, 0.2) is 0 Å². The first-order valence-electron chi connectivity index (χ1n) is 25.4. The number of hydrogen-bond donors (Lipinski definition) is 5. The monoisotopic (exact) mass is 796 g/mol. The van der Waals surface area contributed by atoms with Gasteiger partial charge >= 0.3 is 0 Å². The third-order valence-corrected chi connectivity index (χ3v) is 12.3. The third kappa shape index (κ3) is 38.8. The summed E-state index contributed by atoms with van der Waals surface area (Å²) in [5, 5.41) is 43.9. The van der Waals surface area contributed by atoms with Gasteiger partial charge in [0.25, 0.3) is 0 Å². The Balaban J connectivity index is 3.63. The van der Waals surface area contributed by atoms with Crippen LogP contribution < -0.4 is 5.32 Å². The second kappa shape index (κ2) is 45.4. The summed E-state index contributed by atoms with van der Waals surface area (Å²) in [6.45, 7) is 4.09. The molecule has 0 aliphatic carbocycles. The van der Waals surface area contributed by atoms with E-state index in [1.54, 1.807) is 0 Å². The Kier molecular flexibility index (Phi) is 44.8. The van der Waals surface area contributed by atoms with E-state index >= 15 is 0 Å². The van der Waals surface area contributed by atoms with E-state index in [1.165, 1.54) is 218 Å². The summed E-state index contributed by atoms with van der Waals surface area (Å²) in [5.74, 6) is -0.577. The van der Waals surface area contributed by atoms with Crippen LogP contribution >= 0.6 is 0 Å². The molecule has 0 heterocycles. The molecule has 0 fully saturated rings. The number of unbranched alkanes of at least 4 members (excludes halogenated alkanes) is 38. The van der Waals surface area contributed by atoms with Crippen molar-refractivity contribution < 1.29 is 25.2 Å². The molecule has 56 heavy (non-hydrogen) atoms. The van der Waals surface area contributed by atoms with E-state index in [2.05, 4.69) is 19.2 Å². The van der Waals surface area contributed by atoms with Gasteiger partial charge in [0.05, 0.1) is 18.8 Å². The van der Waals surface area contributed by atoms with Crippen LogP contribution in [0.5, 0.6) is 0 Å². The SMILES string of the molecule is CCCCCCCCCCCCCCCCCCCCCCCCC(O)C(=O)NC(CO)C(O)C(O)CCCCCCCCCCCCCCCCCCCC. The van der Waals surface area contributed by atoms with E-state index in [0.29, 0.717) is 12.8 Å². The van der Waals surface area contributed by atoms with E-state index in [9.17, 15) is 25.2 Å². The second-order valence-electron chi connectivity index (χ2n) is 17.9. The standard InChI is InChI=1S/C50H101NO5/c1-3-5-7-9-11-13-15-17-19-21-23-24-25-26-28-30-32-34-36-38-40-42-44-48(54)50(56)51-46(45-52)49(55)47(53)43-41-39-37-35-33-31-29-27-22-20-18-16-14-12-10-8-6-4-2/h46-49,52-55H,3-45H2,1-2H3,(H,51,56). The van der Waals surface area contributed by atoms with Crippen LogP contribution in [0.15, 0.2) is 0 Å². The van der Waals surface area contributed by atoms with Gasteiger partial charge in [-0.1, -0.05) is 271 Å². The van der Waals surface area contributed by atoms with Crippen molar-refractivity contribution in [3.8, 4) is 0 Å². The lowest BCUT2D eigenvalue weighted by Crippen LogP contribution is -2.53. The number of carbonyl (C=O) groups excluding carboxylic acids is 1. The maximum atomic E-state index is 12.6. The molecular weight excluding hydrogens is 695 g/mol. The molecule has 336 valence electrons. The Hall–Kier alpha value is -0.690. The molecule has 0 aliphatic heterocycles. The van der Waals surface area contributed by atoms with Gasteiger partial charge in [0.2, 0.25) is 5.91 Å². The molecule has 0 saturated heterocycles. The minimum Gasteiger partial charge on any atom is -0.394 e. The fraction of sp³-hybridized carbons (Fsp3) is 0.980. The fourth-order valence-electron chi connectivity index (χ4n) is 8.29. The van der Waals surface area contributed by atoms with Crippen molar-refractivity contribution in [3.05, 3.63) is 0 Å². The first kappa shape index (κ1) is 55.3. The average molecular weight is 796 g/mol. The van der Waals surface area contributed by atoms with Crippen LogP contribution in [0, 0.1) is 0 Å². The third-order valence-electron chi connectivity index (χ3n) is 12.3. The molecule has 0 aliphatic rings. The molecule has 6 heteroatoms. The predicted molar refractivity (Wildman–Crippen MR) is 242 cm³/mol. The predicted octanol–water partition coefficient (Wildman–Crippen LogP) is 14.0. The summed E-state index contributed by atoms with van der Waals surface area (Å²) in [6.07, 6.45) is 50.0. The molecule has 0 aromatic carbocycles. The fourth-order valence-corrected chi connectivity index (χ4v) is 8.29. The Labute approximate surface area is 350 Å². The Morgan fingerprint density at radius 3 is 0.857 bits per heavy atom. The van der Waals surface area contributed by atoms with Crippen LogP contribution in [0.4, 0.5) is 0 Å². The molecule has 0 aromatic rings. The summed E-state index contributed by atoms with van der Waals surface area (Å²) in [6, 6.07) is -0.979. The van der Waals surface area contributed by atoms with E-state index in [1.807, 2.05) is 0 Å². The van der Waals surface area contributed by atoms with E-state index < -0.39 is 36.9 Å². The summed E-state index contributed by atoms with van der Waals surface area (Å²) >= 11 is 0. The number of rotatable bonds is 47. The quantitative estimate of drug-likeness (QED) is 0.0394. The largest absolute Gasteiger partial charge is 0.394 e. The van der Waals surface area contributed by atoms with Gasteiger partial charge in [-0.15, -0.1) is 0 Å². The van der Waals surface area contributed by atoms with E-state index in [4.69, 9.17) is 0 Å². The zero-order chi connectivity index (χ0) is 41.0. The highest BCUT2D eigenvalue weighted by Gasteiger charge is 2.28. The minimum atomic E-state index is -1.25. The lowest BCUT2D eigenvalue weighted by atomic mass is 9.99. The van der Waals surface area contributed by atoms with Gasteiger partial charge in [0, 0.05) is 0 Å². The lowest BCUT2D eigenvalue weighted by molar-refractivity contribution is -0.132. The van der Waals surface area contributed by atoms with Crippen LogP contribution in [0.2, 0.25) is 0 Å². The molecule has 4 atom stereocenters. The Bertz CT molecular complexity index is 766. The van der Waals surface area contributed by atoms with E-state index in [0.717, 1.165) is 38.5 Å². The second-order valence-corrected chi connectivity index (χ2v) is 17.9. The van der Waals surface area contributed by atoms with Crippen molar-refractivity contribution in [2.45, 2.75) is 308 Å². The molecule has 0 rings (SSSR count). The van der Waals surface area contributed by atoms with Crippen molar-refractivity contribution in [3.63, 3.8) is 0 Å². The molecule has 4 unspecified atom stereocenters. The molecule has 0 spiro atoms. The van der Waals surface area contributed by atoms with Crippen LogP contribution in [-0.4, -0.2) is 57.3 Å². The van der Waals surface area contributed by atoms with Gasteiger partial charge < -0.3 is 25.7 Å². The highest BCUT2D eigenvalue weighted by molar-refractivity contribution is 5.80. The zero-order valence-corrected chi connectivity index (χ0v) is 37.9. The molecule has 0 radical (unpaired) electrons. The normalized spacial score (nSPS) is 13.9.